The first-order valence-electron chi connectivity index (χ1n) is 4.18. The molecule has 7 heteroatoms. The Labute approximate surface area is 95.6 Å². The lowest BCUT2D eigenvalue weighted by Crippen LogP contribution is -2.14. The van der Waals surface area contributed by atoms with Crippen LogP contribution in [0.4, 0.5) is 10.1 Å². The van der Waals surface area contributed by atoms with E-state index in [0.29, 0.717) is 0 Å². The first kappa shape index (κ1) is 12.4. The molecule has 0 saturated carbocycles. The molecule has 0 unspecified atom stereocenters. The lowest BCUT2D eigenvalue weighted by Gasteiger charge is -2.04. The van der Waals surface area contributed by atoms with E-state index in [1.54, 1.807) is 0 Å². The number of anilines is 1. The molecule has 86 valence electrons. The van der Waals surface area contributed by atoms with Gasteiger partial charge in [-0.1, -0.05) is 0 Å². The molecule has 0 bridgehead atoms. The summed E-state index contributed by atoms with van der Waals surface area (Å²) in [4.78, 5) is 25.4. The van der Waals surface area contributed by atoms with Crippen molar-refractivity contribution in [2.24, 2.45) is 0 Å². The molecule has 5 nitrogen and oxygen atoms in total. The van der Waals surface area contributed by atoms with Gasteiger partial charge in [0.25, 0.3) is 0 Å². The van der Waals surface area contributed by atoms with E-state index in [1.165, 1.54) is 0 Å². The molecule has 0 spiro atoms. The van der Waals surface area contributed by atoms with Crippen LogP contribution < -0.4 is 5.32 Å². The van der Waals surface area contributed by atoms with E-state index in [1.807, 2.05) is 0 Å². The maximum absolute atomic E-state index is 13.3. The summed E-state index contributed by atoms with van der Waals surface area (Å²) in [5.74, 6) is -2.50. The third-order valence-corrected chi connectivity index (χ3v) is 1.87. The van der Waals surface area contributed by atoms with Crippen molar-refractivity contribution >= 4 is 29.2 Å². The molecule has 0 aliphatic heterocycles. The standard InChI is InChI=1S/C9H8ClFN2O3/c1-16-9(15)8-6(11)2-5(4-12-8)13-7(14)3-10/h2,4H,3H2,1H3,(H,13,14). The van der Waals surface area contributed by atoms with Gasteiger partial charge in [-0.3, -0.25) is 4.79 Å². The third kappa shape index (κ3) is 2.90. The van der Waals surface area contributed by atoms with Gasteiger partial charge in [-0.15, -0.1) is 11.6 Å². The molecule has 0 aliphatic carbocycles. The predicted octanol–water partition coefficient (Wildman–Crippen LogP) is 1.18. The van der Waals surface area contributed by atoms with Crippen LogP contribution >= 0.6 is 11.6 Å². The molecule has 0 aliphatic rings. The van der Waals surface area contributed by atoms with Crippen LogP contribution in [0.1, 0.15) is 10.5 Å². The number of aromatic nitrogens is 1. The van der Waals surface area contributed by atoms with Gasteiger partial charge in [0.15, 0.2) is 11.5 Å². The number of halogens is 2. The number of ether oxygens (including phenoxy) is 1. The van der Waals surface area contributed by atoms with Crippen LogP contribution in [0.15, 0.2) is 12.3 Å². The Morgan fingerprint density at radius 1 is 1.62 bits per heavy atom. The normalized spacial score (nSPS) is 9.69. The summed E-state index contributed by atoms with van der Waals surface area (Å²) in [5.41, 5.74) is -0.317. The summed E-state index contributed by atoms with van der Waals surface area (Å²) in [7, 11) is 1.12. The average molecular weight is 247 g/mol. The smallest absolute Gasteiger partial charge is 0.359 e. The quantitative estimate of drug-likeness (QED) is 0.642. The molecule has 1 rings (SSSR count). The van der Waals surface area contributed by atoms with Crippen molar-refractivity contribution in [3.8, 4) is 0 Å². The first-order chi connectivity index (χ1) is 7.58. The van der Waals surface area contributed by atoms with Gasteiger partial charge in [0, 0.05) is 6.07 Å². The second kappa shape index (κ2) is 5.41. The number of hydrogen-bond donors (Lipinski definition) is 1. The Morgan fingerprint density at radius 2 is 2.31 bits per heavy atom. The van der Waals surface area contributed by atoms with E-state index >= 15 is 0 Å². The van der Waals surface area contributed by atoms with Crippen molar-refractivity contribution in [2.75, 3.05) is 18.3 Å². The van der Waals surface area contributed by atoms with Crippen LogP contribution in [0.2, 0.25) is 0 Å². The Bertz CT molecular complexity index is 425. The molecular formula is C9H8ClFN2O3. The van der Waals surface area contributed by atoms with Gasteiger partial charge in [-0.2, -0.15) is 0 Å². The molecule has 0 saturated heterocycles. The summed E-state index contributed by atoms with van der Waals surface area (Å²) in [6.45, 7) is 0. The van der Waals surface area contributed by atoms with Crippen LogP contribution in [-0.2, 0) is 9.53 Å². The van der Waals surface area contributed by atoms with Crippen LogP contribution in [0.5, 0.6) is 0 Å². The number of alkyl halides is 1. The highest BCUT2D eigenvalue weighted by Gasteiger charge is 2.14. The van der Waals surface area contributed by atoms with E-state index in [9.17, 15) is 14.0 Å². The van der Waals surface area contributed by atoms with Gasteiger partial charge in [0.05, 0.1) is 19.0 Å². The monoisotopic (exact) mass is 246 g/mol. The second-order valence-corrected chi connectivity index (χ2v) is 3.00. The molecule has 0 radical (unpaired) electrons. The molecule has 0 fully saturated rings. The number of methoxy groups -OCH3 is 1. The maximum Gasteiger partial charge on any atom is 0.359 e. The number of carbonyl (C=O) groups is 2. The second-order valence-electron chi connectivity index (χ2n) is 2.73. The molecule has 1 N–H and O–H groups in total. The highest BCUT2D eigenvalue weighted by molar-refractivity contribution is 6.29. The fourth-order valence-corrected chi connectivity index (χ4v) is 1.01. The summed E-state index contributed by atoms with van der Waals surface area (Å²) in [6, 6.07) is 0.962. The molecule has 1 amide bonds. The van der Waals surface area contributed by atoms with Gasteiger partial charge in [0.1, 0.15) is 5.88 Å². The van der Waals surface area contributed by atoms with Gasteiger partial charge in [0.2, 0.25) is 5.91 Å². The summed E-state index contributed by atoms with van der Waals surface area (Å²) in [6.07, 6.45) is 1.14. The van der Waals surface area contributed by atoms with Crippen LogP contribution in [0.25, 0.3) is 0 Å². The zero-order valence-corrected chi connectivity index (χ0v) is 9.05. The van der Waals surface area contributed by atoms with Gasteiger partial charge >= 0.3 is 5.97 Å². The van der Waals surface area contributed by atoms with Crippen molar-refractivity contribution in [3.63, 3.8) is 0 Å². The van der Waals surface area contributed by atoms with Crippen molar-refractivity contribution in [3.05, 3.63) is 23.8 Å². The molecule has 16 heavy (non-hydrogen) atoms. The minimum Gasteiger partial charge on any atom is -0.464 e. The number of hydrogen-bond acceptors (Lipinski definition) is 4. The van der Waals surface area contributed by atoms with Crippen molar-refractivity contribution in [1.82, 2.24) is 4.98 Å². The predicted molar refractivity (Wildman–Crippen MR) is 54.9 cm³/mol. The molecule has 0 aromatic carbocycles. The molecular weight excluding hydrogens is 239 g/mol. The molecule has 1 aromatic rings. The summed E-state index contributed by atoms with van der Waals surface area (Å²) >= 11 is 5.25. The topological polar surface area (TPSA) is 68.3 Å². The van der Waals surface area contributed by atoms with E-state index in [-0.39, 0.29) is 11.6 Å². The Morgan fingerprint density at radius 3 is 2.81 bits per heavy atom. The Balaban J connectivity index is 2.91. The highest BCUT2D eigenvalue weighted by atomic mass is 35.5. The number of amides is 1. The van der Waals surface area contributed by atoms with Crippen molar-refractivity contribution in [2.45, 2.75) is 0 Å². The Kier molecular flexibility index (Phi) is 4.19. The number of esters is 1. The number of rotatable bonds is 3. The highest BCUT2D eigenvalue weighted by Crippen LogP contribution is 2.12. The number of nitrogens with one attached hydrogen (secondary N) is 1. The van der Waals surface area contributed by atoms with Gasteiger partial charge in [-0.05, 0) is 0 Å². The largest absolute Gasteiger partial charge is 0.464 e. The van der Waals surface area contributed by atoms with E-state index in [0.717, 1.165) is 19.4 Å². The number of nitrogens with zero attached hydrogens (tertiary/aromatic N) is 1. The van der Waals surface area contributed by atoms with Crippen LogP contribution in [0, 0.1) is 5.82 Å². The maximum atomic E-state index is 13.3. The molecule has 1 aromatic heterocycles. The lowest BCUT2D eigenvalue weighted by molar-refractivity contribution is -0.113. The van der Waals surface area contributed by atoms with Crippen LogP contribution in [-0.4, -0.2) is 29.9 Å². The lowest BCUT2D eigenvalue weighted by atomic mass is 10.3. The van der Waals surface area contributed by atoms with Crippen molar-refractivity contribution < 1.29 is 18.7 Å². The zero-order valence-electron chi connectivity index (χ0n) is 8.29. The first-order valence-corrected chi connectivity index (χ1v) is 4.71. The fraction of sp³-hybridized carbons (Fsp3) is 0.222. The van der Waals surface area contributed by atoms with Gasteiger partial charge < -0.3 is 10.1 Å². The summed E-state index contributed by atoms with van der Waals surface area (Å²) in [5, 5.41) is 2.29. The number of pyridine rings is 1. The third-order valence-electron chi connectivity index (χ3n) is 1.63. The summed E-state index contributed by atoms with van der Waals surface area (Å²) < 4.78 is 17.6. The average Bonchev–Trinajstić information content (AvgIpc) is 2.28. The fourth-order valence-electron chi connectivity index (χ4n) is 0.948. The minimum absolute atomic E-state index is 0.121. The van der Waals surface area contributed by atoms with Gasteiger partial charge in [-0.25, -0.2) is 14.2 Å². The molecule has 0 atom stereocenters. The molecule has 1 heterocycles. The minimum atomic E-state index is -0.882. The van der Waals surface area contributed by atoms with Crippen molar-refractivity contribution in [1.29, 1.82) is 0 Å². The van der Waals surface area contributed by atoms with E-state index in [4.69, 9.17) is 11.6 Å². The zero-order chi connectivity index (χ0) is 12.1. The Hall–Kier alpha value is -1.69. The van der Waals surface area contributed by atoms with E-state index < -0.39 is 23.4 Å². The SMILES string of the molecule is COC(=O)c1ncc(NC(=O)CCl)cc1F. The van der Waals surface area contributed by atoms with Crippen LogP contribution in [0.3, 0.4) is 0 Å². The van der Waals surface area contributed by atoms with E-state index in [2.05, 4.69) is 15.0 Å². The number of carbonyl (C=O) groups excluding carboxylic acids is 2.